The molecule has 3 rings (SSSR count). The largest absolute Gasteiger partial charge is 0.493 e. The van der Waals surface area contributed by atoms with E-state index >= 15 is 0 Å². The highest BCUT2D eigenvalue weighted by Crippen LogP contribution is 2.38. The van der Waals surface area contributed by atoms with E-state index in [9.17, 15) is 9.59 Å². The van der Waals surface area contributed by atoms with Crippen LogP contribution in [0.1, 0.15) is 28.6 Å². The van der Waals surface area contributed by atoms with Gasteiger partial charge in [-0.15, -0.1) is 10.2 Å². The van der Waals surface area contributed by atoms with E-state index in [1.54, 1.807) is 11.8 Å². The van der Waals surface area contributed by atoms with Crippen LogP contribution in [0.25, 0.3) is 5.65 Å². The molecule has 0 aliphatic heterocycles. The fourth-order valence-corrected chi connectivity index (χ4v) is 3.79. The zero-order chi connectivity index (χ0) is 23.8. The number of rotatable bonds is 11. The average Bonchev–Trinajstić information content (AvgIpc) is 3.28. The SMILES string of the molecule is COc1cc(C(=O)NCC(=O)NC(CCSC)c2nnc3ccccn23)cc(OC)c1OC. The summed E-state index contributed by atoms with van der Waals surface area (Å²) in [4.78, 5) is 25.3. The molecule has 2 aromatic heterocycles. The standard InChI is InChI=1S/C22H27N5O5S/c1-30-16-11-14(12-17(31-2)20(16)32-3)22(29)23-13-19(28)24-15(8-10-33-4)21-26-25-18-7-5-6-9-27(18)21/h5-7,9,11-12,15H,8,10,13H2,1-4H3,(H,23,29)(H,24,28). The van der Waals surface area contributed by atoms with Crippen molar-refractivity contribution in [1.82, 2.24) is 25.2 Å². The molecule has 2 N–H and O–H groups in total. The molecule has 0 radical (unpaired) electrons. The summed E-state index contributed by atoms with van der Waals surface area (Å²) < 4.78 is 17.7. The lowest BCUT2D eigenvalue weighted by Gasteiger charge is -2.17. The molecule has 0 saturated carbocycles. The third-order valence-electron chi connectivity index (χ3n) is 4.93. The van der Waals surface area contributed by atoms with Crippen molar-refractivity contribution in [1.29, 1.82) is 0 Å². The summed E-state index contributed by atoms with van der Waals surface area (Å²) in [7, 11) is 4.42. The molecule has 2 amide bonds. The first-order valence-corrected chi connectivity index (χ1v) is 11.6. The molecule has 176 valence electrons. The predicted octanol–water partition coefficient (Wildman–Crippen LogP) is 2.10. The van der Waals surface area contributed by atoms with Crippen LogP contribution in [0.2, 0.25) is 0 Å². The number of amides is 2. The van der Waals surface area contributed by atoms with Gasteiger partial charge < -0.3 is 24.8 Å². The molecule has 0 aliphatic carbocycles. The molecular weight excluding hydrogens is 446 g/mol. The van der Waals surface area contributed by atoms with E-state index < -0.39 is 5.91 Å². The molecule has 0 fully saturated rings. The van der Waals surface area contributed by atoms with Gasteiger partial charge in [-0.2, -0.15) is 11.8 Å². The Morgan fingerprint density at radius 3 is 2.45 bits per heavy atom. The topological polar surface area (TPSA) is 116 Å². The second-order valence-corrected chi connectivity index (χ2v) is 7.97. The lowest BCUT2D eigenvalue weighted by Crippen LogP contribution is -2.39. The molecule has 11 heteroatoms. The van der Waals surface area contributed by atoms with Crippen molar-refractivity contribution < 1.29 is 23.8 Å². The maximum absolute atomic E-state index is 12.7. The van der Waals surface area contributed by atoms with Crippen LogP contribution in [0.3, 0.4) is 0 Å². The number of fused-ring (bicyclic) bond motifs is 1. The summed E-state index contributed by atoms with van der Waals surface area (Å²) in [6.45, 7) is -0.206. The Hall–Kier alpha value is -3.47. The Morgan fingerprint density at radius 2 is 1.82 bits per heavy atom. The average molecular weight is 474 g/mol. The van der Waals surface area contributed by atoms with Gasteiger partial charge in [-0.3, -0.25) is 14.0 Å². The van der Waals surface area contributed by atoms with Crippen molar-refractivity contribution >= 4 is 29.2 Å². The Balaban J connectivity index is 1.69. The summed E-state index contributed by atoms with van der Waals surface area (Å²) in [5.41, 5.74) is 0.978. The Morgan fingerprint density at radius 1 is 1.09 bits per heavy atom. The third-order valence-corrected chi connectivity index (χ3v) is 5.58. The summed E-state index contributed by atoms with van der Waals surface area (Å²) in [6, 6.07) is 8.31. The minimum absolute atomic E-state index is 0.206. The zero-order valence-electron chi connectivity index (χ0n) is 19.0. The van der Waals surface area contributed by atoms with Gasteiger partial charge >= 0.3 is 0 Å². The van der Waals surface area contributed by atoms with Crippen LogP contribution in [0, 0.1) is 0 Å². The molecule has 0 bridgehead atoms. The van der Waals surface area contributed by atoms with Crippen molar-refractivity contribution in [2.75, 3.05) is 39.9 Å². The van der Waals surface area contributed by atoms with Crippen LogP contribution in [0.5, 0.6) is 17.2 Å². The van der Waals surface area contributed by atoms with Gasteiger partial charge in [0, 0.05) is 11.8 Å². The minimum Gasteiger partial charge on any atom is -0.493 e. The monoisotopic (exact) mass is 473 g/mol. The van der Waals surface area contributed by atoms with E-state index in [2.05, 4.69) is 20.8 Å². The van der Waals surface area contributed by atoms with Gasteiger partial charge in [-0.05, 0) is 42.7 Å². The third kappa shape index (κ3) is 5.67. The minimum atomic E-state index is -0.446. The van der Waals surface area contributed by atoms with E-state index in [1.165, 1.54) is 33.5 Å². The van der Waals surface area contributed by atoms with E-state index in [0.717, 1.165) is 5.75 Å². The van der Waals surface area contributed by atoms with Gasteiger partial charge in [0.1, 0.15) is 0 Å². The summed E-state index contributed by atoms with van der Waals surface area (Å²) >= 11 is 1.67. The predicted molar refractivity (Wildman–Crippen MR) is 125 cm³/mol. The number of thioether (sulfide) groups is 1. The number of nitrogens with one attached hydrogen (secondary N) is 2. The maximum Gasteiger partial charge on any atom is 0.251 e. The Kier molecular flexibility index (Phi) is 8.36. The molecule has 1 aromatic carbocycles. The molecule has 0 saturated heterocycles. The lowest BCUT2D eigenvalue weighted by atomic mass is 10.1. The van der Waals surface area contributed by atoms with Gasteiger partial charge in [0.05, 0.1) is 33.9 Å². The van der Waals surface area contributed by atoms with Crippen LogP contribution in [-0.2, 0) is 4.79 Å². The highest BCUT2D eigenvalue weighted by Gasteiger charge is 2.21. The zero-order valence-corrected chi connectivity index (χ0v) is 19.8. The number of carbonyl (C=O) groups excluding carboxylic acids is 2. The number of nitrogens with zero attached hydrogens (tertiary/aromatic N) is 3. The van der Waals surface area contributed by atoms with E-state index in [-0.39, 0.29) is 24.1 Å². The van der Waals surface area contributed by atoms with Crippen molar-refractivity contribution in [3.63, 3.8) is 0 Å². The van der Waals surface area contributed by atoms with Crippen LogP contribution in [-0.4, -0.2) is 66.3 Å². The van der Waals surface area contributed by atoms with Crippen molar-refractivity contribution in [3.05, 3.63) is 47.9 Å². The first-order chi connectivity index (χ1) is 16.0. The quantitative estimate of drug-likeness (QED) is 0.435. The highest BCUT2D eigenvalue weighted by atomic mass is 32.2. The fraction of sp³-hybridized carbons (Fsp3) is 0.364. The molecule has 1 unspecified atom stereocenters. The second kappa shape index (κ2) is 11.4. The van der Waals surface area contributed by atoms with Gasteiger partial charge in [0.25, 0.3) is 5.91 Å². The van der Waals surface area contributed by atoms with Crippen molar-refractivity contribution in [3.8, 4) is 17.2 Å². The Labute approximate surface area is 196 Å². The lowest BCUT2D eigenvalue weighted by molar-refractivity contribution is -0.121. The number of carbonyl (C=O) groups is 2. The molecule has 0 spiro atoms. The summed E-state index contributed by atoms with van der Waals surface area (Å²) in [5, 5.41) is 14.0. The number of pyridine rings is 1. The number of hydrogen-bond donors (Lipinski definition) is 2. The van der Waals surface area contributed by atoms with Gasteiger partial charge in [-0.25, -0.2) is 0 Å². The molecule has 1 atom stereocenters. The number of methoxy groups -OCH3 is 3. The van der Waals surface area contributed by atoms with Crippen LogP contribution >= 0.6 is 11.8 Å². The van der Waals surface area contributed by atoms with Gasteiger partial charge in [0.2, 0.25) is 11.7 Å². The molecule has 33 heavy (non-hydrogen) atoms. The summed E-state index contributed by atoms with van der Waals surface area (Å²) in [6.07, 6.45) is 4.52. The first-order valence-electron chi connectivity index (χ1n) is 10.2. The number of ether oxygens (including phenoxy) is 3. The van der Waals surface area contributed by atoms with Crippen LogP contribution < -0.4 is 24.8 Å². The van der Waals surface area contributed by atoms with E-state index in [4.69, 9.17) is 14.2 Å². The van der Waals surface area contributed by atoms with Crippen LogP contribution in [0.4, 0.5) is 0 Å². The fourth-order valence-electron chi connectivity index (χ4n) is 3.32. The smallest absolute Gasteiger partial charge is 0.251 e. The van der Waals surface area contributed by atoms with Crippen LogP contribution in [0.15, 0.2) is 36.5 Å². The van der Waals surface area contributed by atoms with Crippen molar-refractivity contribution in [2.24, 2.45) is 0 Å². The maximum atomic E-state index is 12.7. The Bertz CT molecular complexity index is 1090. The number of hydrogen-bond acceptors (Lipinski definition) is 8. The number of benzene rings is 1. The normalized spacial score (nSPS) is 11.6. The van der Waals surface area contributed by atoms with Gasteiger partial charge in [0.15, 0.2) is 23.0 Å². The molecule has 2 heterocycles. The molecule has 0 aliphatic rings. The first kappa shape index (κ1) is 24.2. The van der Waals surface area contributed by atoms with E-state index in [0.29, 0.717) is 35.1 Å². The molecule has 3 aromatic rings. The number of aromatic nitrogens is 3. The molecular formula is C22H27N5O5S. The second-order valence-electron chi connectivity index (χ2n) is 6.99. The molecule has 10 nitrogen and oxygen atoms in total. The highest BCUT2D eigenvalue weighted by molar-refractivity contribution is 7.98. The summed E-state index contributed by atoms with van der Waals surface area (Å²) in [5.74, 6) is 1.76. The van der Waals surface area contributed by atoms with Gasteiger partial charge in [-0.1, -0.05) is 6.07 Å². The van der Waals surface area contributed by atoms with E-state index in [1.807, 2.05) is 35.1 Å². The van der Waals surface area contributed by atoms with Crippen molar-refractivity contribution in [2.45, 2.75) is 12.5 Å².